The zero-order valence-electron chi connectivity index (χ0n) is 9.92. The number of carboxylic acids is 1. The lowest BCUT2D eigenvalue weighted by molar-refractivity contribution is -0.137. The van der Waals surface area contributed by atoms with Crippen LogP contribution in [0.25, 0.3) is 10.4 Å². The van der Waals surface area contributed by atoms with Gasteiger partial charge >= 0.3 is 5.97 Å². The third-order valence-corrected chi connectivity index (χ3v) is 2.74. The van der Waals surface area contributed by atoms with Crippen molar-refractivity contribution in [2.24, 2.45) is 5.11 Å². The highest BCUT2D eigenvalue weighted by atomic mass is 16.4. The Morgan fingerprint density at radius 2 is 2.18 bits per heavy atom. The van der Waals surface area contributed by atoms with Gasteiger partial charge in [-0.1, -0.05) is 23.3 Å². The van der Waals surface area contributed by atoms with Crippen LogP contribution in [0.5, 0.6) is 0 Å². The number of carbonyl (C=O) groups is 1. The van der Waals surface area contributed by atoms with E-state index in [-0.39, 0.29) is 6.42 Å². The van der Waals surface area contributed by atoms with E-state index in [9.17, 15) is 4.79 Å². The van der Waals surface area contributed by atoms with Crippen LogP contribution < -0.4 is 0 Å². The first-order valence-electron chi connectivity index (χ1n) is 5.37. The molecule has 0 radical (unpaired) electrons. The number of aryl methyl sites for hydroxylation is 2. The summed E-state index contributed by atoms with van der Waals surface area (Å²) in [5.41, 5.74) is 11.6. The zero-order valence-corrected chi connectivity index (χ0v) is 9.92. The summed E-state index contributed by atoms with van der Waals surface area (Å²) in [6, 6.07) is 5.36. The lowest BCUT2D eigenvalue weighted by Gasteiger charge is -2.12. The van der Waals surface area contributed by atoms with E-state index in [2.05, 4.69) is 10.0 Å². The molecular weight excluding hydrogens is 218 g/mol. The van der Waals surface area contributed by atoms with Gasteiger partial charge in [-0.2, -0.15) is 0 Å². The van der Waals surface area contributed by atoms with Gasteiger partial charge in [0.05, 0.1) is 6.04 Å². The van der Waals surface area contributed by atoms with Crippen LogP contribution in [0.15, 0.2) is 23.3 Å². The average molecular weight is 233 g/mol. The maximum absolute atomic E-state index is 10.5. The molecule has 0 saturated heterocycles. The largest absolute Gasteiger partial charge is 0.481 e. The normalized spacial score (nSPS) is 11.6. The minimum Gasteiger partial charge on any atom is -0.481 e. The Balaban J connectivity index is 2.92. The van der Waals surface area contributed by atoms with Crippen molar-refractivity contribution in [2.45, 2.75) is 32.7 Å². The number of carboxylic acid groups (broad SMARTS) is 1. The summed E-state index contributed by atoms with van der Waals surface area (Å²) in [6.07, 6.45) is 0.318. The van der Waals surface area contributed by atoms with Crippen LogP contribution in [-0.4, -0.2) is 11.1 Å². The van der Waals surface area contributed by atoms with Gasteiger partial charge in [-0.3, -0.25) is 4.79 Å². The van der Waals surface area contributed by atoms with Crippen LogP contribution in [0.1, 0.15) is 35.6 Å². The monoisotopic (exact) mass is 233 g/mol. The second-order valence-electron chi connectivity index (χ2n) is 4.00. The second-order valence-corrected chi connectivity index (χ2v) is 4.00. The Labute approximate surface area is 99.7 Å². The van der Waals surface area contributed by atoms with Crippen LogP contribution in [0.3, 0.4) is 0 Å². The smallest absolute Gasteiger partial charge is 0.303 e. The summed E-state index contributed by atoms with van der Waals surface area (Å²) in [4.78, 5) is 13.3. The highest BCUT2D eigenvalue weighted by Gasteiger charge is 2.12. The van der Waals surface area contributed by atoms with Crippen LogP contribution in [0, 0.1) is 13.8 Å². The summed E-state index contributed by atoms with van der Waals surface area (Å²) in [6.45, 7) is 3.97. The van der Waals surface area contributed by atoms with Crippen molar-refractivity contribution in [3.63, 3.8) is 0 Å². The number of nitrogens with zero attached hydrogens (tertiary/aromatic N) is 3. The molecule has 0 heterocycles. The van der Waals surface area contributed by atoms with Crippen molar-refractivity contribution in [1.29, 1.82) is 0 Å². The number of benzene rings is 1. The lowest BCUT2D eigenvalue weighted by Crippen LogP contribution is -2.01. The molecule has 0 aliphatic carbocycles. The first-order chi connectivity index (χ1) is 8.04. The van der Waals surface area contributed by atoms with Gasteiger partial charge in [0.1, 0.15) is 0 Å². The van der Waals surface area contributed by atoms with Gasteiger partial charge in [0.25, 0.3) is 0 Å². The van der Waals surface area contributed by atoms with Crippen molar-refractivity contribution in [3.05, 3.63) is 45.3 Å². The third kappa shape index (κ3) is 3.81. The maximum atomic E-state index is 10.5. The number of hydrogen-bond donors (Lipinski definition) is 1. The van der Waals surface area contributed by atoms with Gasteiger partial charge < -0.3 is 5.11 Å². The minimum atomic E-state index is -0.882. The number of hydrogen-bond acceptors (Lipinski definition) is 2. The van der Waals surface area contributed by atoms with Gasteiger partial charge in [0, 0.05) is 11.3 Å². The Morgan fingerprint density at radius 3 is 2.71 bits per heavy atom. The van der Waals surface area contributed by atoms with Crippen LogP contribution in [0.4, 0.5) is 0 Å². The molecule has 1 rings (SSSR count). The molecule has 0 saturated carbocycles. The van der Waals surface area contributed by atoms with Gasteiger partial charge in [0.2, 0.25) is 0 Å². The van der Waals surface area contributed by atoms with Crippen molar-refractivity contribution < 1.29 is 9.90 Å². The Bertz CT molecular complexity index is 465. The molecule has 0 aliphatic rings. The van der Waals surface area contributed by atoms with Crippen molar-refractivity contribution in [1.82, 2.24) is 0 Å². The van der Waals surface area contributed by atoms with Crippen molar-refractivity contribution >= 4 is 5.97 Å². The van der Waals surface area contributed by atoms with Gasteiger partial charge in [0.15, 0.2) is 0 Å². The highest BCUT2D eigenvalue weighted by molar-refractivity contribution is 5.66. The van der Waals surface area contributed by atoms with E-state index in [0.29, 0.717) is 6.42 Å². The Kier molecular flexibility index (Phi) is 4.55. The lowest BCUT2D eigenvalue weighted by atomic mass is 9.98. The Hall–Kier alpha value is -2.00. The molecule has 0 spiro atoms. The molecule has 0 amide bonds. The second kappa shape index (κ2) is 5.92. The van der Waals surface area contributed by atoms with Gasteiger partial charge in [-0.15, -0.1) is 0 Å². The molecule has 17 heavy (non-hydrogen) atoms. The molecule has 5 nitrogen and oxygen atoms in total. The zero-order chi connectivity index (χ0) is 12.8. The molecule has 1 N–H and O–H groups in total. The minimum absolute atomic E-state index is 0.00336. The fourth-order valence-corrected chi connectivity index (χ4v) is 1.59. The molecule has 1 unspecified atom stereocenters. The molecule has 1 aromatic carbocycles. The average Bonchev–Trinajstić information content (AvgIpc) is 2.28. The molecule has 5 heteroatoms. The first-order valence-corrected chi connectivity index (χ1v) is 5.37. The molecular formula is C12H15N3O2. The molecule has 0 bridgehead atoms. The van der Waals surface area contributed by atoms with E-state index in [4.69, 9.17) is 10.6 Å². The van der Waals surface area contributed by atoms with Crippen LogP contribution >= 0.6 is 0 Å². The topological polar surface area (TPSA) is 86.1 Å². The predicted octanol–water partition coefficient (Wildman–Crippen LogP) is 3.52. The summed E-state index contributed by atoms with van der Waals surface area (Å²) < 4.78 is 0. The molecule has 1 aromatic rings. The summed E-state index contributed by atoms with van der Waals surface area (Å²) >= 11 is 0. The maximum Gasteiger partial charge on any atom is 0.303 e. The van der Waals surface area contributed by atoms with E-state index in [1.165, 1.54) is 0 Å². The number of aliphatic carboxylic acids is 1. The van der Waals surface area contributed by atoms with Crippen LogP contribution in [0.2, 0.25) is 0 Å². The first kappa shape index (κ1) is 13.1. The Morgan fingerprint density at radius 1 is 1.47 bits per heavy atom. The SMILES string of the molecule is Cc1ccc(C(CCC(=O)O)N=[N+]=[N-])cc1C. The summed E-state index contributed by atoms with van der Waals surface area (Å²) in [5.74, 6) is -0.882. The van der Waals surface area contributed by atoms with Gasteiger partial charge in [-0.25, -0.2) is 0 Å². The van der Waals surface area contributed by atoms with E-state index in [0.717, 1.165) is 16.7 Å². The summed E-state index contributed by atoms with van der Waals surface area (Å²) in [5, 5.41) is 12.3. The number of azide groups is 1. The van der Waals surface area contributed by atoms with E-state index in [1.54, 1.807) is 0 Å². The highest BCUT2D eigenvalue weighted by Crippen LogP contribution is 2.25. The van der Waals surface area contributed by atoms with E-state index < -0.39 is 12.0 Å². The molecule has 0 aliphatic heterocycles. The molecule has 0 aromatic heterocycles. The quantitative estimate of drug-likeness (QED) is 0.479. The van der Waals surface area contributed by atoms with Gasteiger partial charge in [-0.05, 0) is 42.5 Å². The van der Waals surface area contributed by atoms with Crippen LogP contribution in [-0.2, 0) is 4.79 Å². The third-order valence-electron chi connectivity index (χ3n) is 2.74. The van der Waals surface area contributed by atoms with E-state index in [1.807, 2.05) is 32.0 Å². The fraction of sp³-hybridized carbons (Fsp3) is 0.417. The molecule has 90 valence electrons. The fourth-order valence-electron chi connectivity index (χ4n) is 1.59. The van der Waals surface area contributed by atoms with E-state index >= 15 is 0 Å². The molecule has 1 atom stereocenters. The van der Waals surface area contributed by atoms with Crippen molar-refractivity contribution in [3.8, 4) is 0 Å². The standard InChI is InChI=1S/C12H15N3O2/c1-8-3-4-10(7-9(8)2)11(14-15-13)5-6-12(16)17/h3-4,7,11H,5-6H2,1-2H3,(H,16,17). The van der Waals surface area contributed by atoms with Crippen molar-refractivity contribution in [2.75, 3.05) is 0 Å². The predicted molar refractivity (Wildman–Crippen MR) is 64.7 cm³/mol. The molecule has 0 fully saturated rings. The number of rotatable bonds is 5. The summed E-state index contributed by atoms with van der Waals surface area (Å²) in [7, 11) is 0.